The molecule has 2 aliphatic rings. The fourth-order valence-electron chi connectivity index (χ4n) is 4.42. The highest BCUT2D eigenvalue weighted by Gasteiger charge is 2.93. The molecule has 20 heteroatoms. The third-order valence-corrected chi connectivity index (χ3v) is 7.78. The van der Waals surface area contributed by atoms with Gasteiger partial charge in [-0.3, -0.25) is 14.1 Å². The molecular weight excluding hydrogens is 604 g/mol. The Balaban J connectivity index is 1.85. The molecular formula is C23H35FN5O13P. The number of rotatable bonds is 14. The van der Waals surface area contributed by atoms with E-state index >= 15 is 0 Å². The highest BCUT2D eigenvalue weighted by molar-refractivity contribution is 7.48. The van der Waals surface area contributed by atoms with Gasteiger partial charge in [0.2, 0.25) is 13.6 Å². The predicted molar refractivity (Wildman–Crippen MR) is 142 cm³/mol. The Kier molecular flexibility index (Phi) is 10.2. The number of phosphoric acid groups is 1. The number of aliphatic imine (C=N–C) groups is 2. The summed E-state index contributed by atoms with van der Waals surface area (Å²) in [6, 6.07) is 0. The van der Waals surface area contributed by atoms with E-state index in [0.717, 1.165) is 17.8 Å². The first-order valence-electron chi connectivity index (χ1n) is 12.7. The highest BCUT2D eigenvalue weighted by Crippen LogP contribution is 2.72. The van der Waals surface area contributed by atoms with Crippen LogP contribution in [0, 0.1) is 0 Å². The number of amidine groups is 1. The maximum atomic E-state index is 14.6. The molecule has 242 valence electrons. The molecule has 3 rings (SSSR count). The van der Waals surface area contributed by atoms with Crippen LogP contribution in [0.3, 0.4) is 0 Å². The van der Waals surface area contributed by atoms with Gasteiger partial charge in [0, 0.05) is 7.05 Å². The lowest BCUT2D eigenvalue weighted by atomic mass is 9.94. The molecule has 1 aliphatic heterocycles. The summed E-state index contributed by atoms with van der Waals surface area (Å²) in [5.74, 6) is -0.0451. The van der Waals surface area contributed by atoms with Gasteiger partial charge in [0.05, 0.1) is 18.5 Å². The third-order valence-electron chi connectivity index (χ3n) is 6.46. The lowest BCUT2D eigenvalue weighted by Gasteiger charge is -2.33. The van der Waals surface area contributed by atoms with Crippen LogP contribution in [0.4, 0.5) is 19.8 Å². The summed E-state index contributed by atoms with van der Waals surface area (Å²) < 4.78 is 69.2. The van der Waals surface area contributed by atoms with E-state index in [1.807, 2.05) is 0 Å². The van der Waals surface area contributed by atoms with Crippen LogP contribution in [0.25, 0.3) is 0 Å². The zero-order valence-electron chi connectivity index (χ0n) is 24.3. The van der Waals surface area contributed by atoms with Crippen molar-refractivity contribution in [1.82, 2.24) is 9.55 Å². The zero-order valence-corrected chi connectivity index (χ0v) is 25.2. The number of halogens is 1. The minimum atomic E-state index is -4.99. The number of nitrogens with zero attached hydrogens (tertiary/aromatic N) is 4. The first-order chi connectivity index (χ1) is 20.0. The molecule has 1 unspecified atom stereocenters. The monoisotopic (exact) mass is 639 g/mol. The topological polar surface area (TPSA) is 234 Å². The zero-order chi connectivity index (χ0) is 32.4. The largest absolute Gasteiger partial charge is 0.510 e. The molecule has 1 aromatic heterocycles. The van der Waals surface area contributed by atoms with Gasteiger partial charge in [-0.25, -0.2) is 37.6 Å². The van der Waals surface area contributed by atoms with Gasteiger partial charge in [-0.1, -0.05) is 0 Å². The van der Waals surface area contributed by atoms with E-state index in [9.17, 15) is 28.8 Å². The number of aliphatic hydroxyl groups is 2. The highest BCUT2D eigenvalue weighted by atomic mass is 31.2. The summed E-state index contributed by atoms with van der Waals surface area (Å²) in [6.45, 7) is 7.11. The number of alkyl halides is 1. The Bertz CT molecular complexity index is 1260. The number of fused-ring (bicyclic) bond motifs is 1. The van der Waals surface area contributed by atoms with Crippen molar-refractivity contribution in [2.45, 2.75) is 76.0 Å². The van der Waals surface area contributed by atoms with Crippen LogP contribution in [-0.4, -0.2) is 107 Å². The SMILES string of the molecule is C=Nc1c(/C(N)=N\C)ncn1[C@@H]1O[C@]2(CF)C(OP(=O)(OCOC(=O)OC(C)C)OCOC(=O)OC(C)C)[C@]2(O)[C@@]1(C)O. The average molecular weight is 640 g/mol. The first kappa shape index (κ1) is 34.3. The van der Waals surface area contributed by atoms with Crippen LogP contribution >= 0.6 is 7.82 Å². The van der Waals surface area contributed by atoms with Crippen LogP contribution in [0.15, 0.2) is 16.3 Å². The van der Waals surface area contributed by atoms with E-state index in [2.05, 4.69) is 31.2 Å². The molecule has 4 N–H and O–H groups in total. The summed E-state index contributed by atoms with van der Waals surface area (Å²) in [5, 5.41) is 23.0. The van der Waals surface area contributed by atoms with Crippen molar-refractivity contribution >= 4 is 38.5 Å². The van der Waals surface area contributed by atoms with Gasteiger partial charge in [0.1, 0.15) is 29.9 Å². The second-order valence-electron chi connectivity index (χ2n) is 10.0. The summed E-state index contributed by atoms with van der Waals surface area (Å²) >= 11 is 0. The molecule has 5 atom stereocenters. The minimum absolute atomic E-state index is 0.0158. The van der Waals surface area contributed by atoms with E-state index in [0.29, 0.717) is 0 Å². The van der Waals surface area contributed by atoms with Crippen molar-refractivity contribution in [3.63, 3.8) is 0 Å². The maximum absolute atomic E-state index is 14.6. The van der Waals surface area contributed by atoms with Crippen molar-refractivity contribution in [3.05, 3.63) is 12.0 Å². The normalized spacial score (nSPS) is 28.5. The van der Waals surface area contributed by atoms with Gasteiger partial charge in [-0.2, -0.15) is 0 Å². The molecule has 0 bridgehead atoms. The first-order valence-corrected chi connectivity index (χ1v) is 14.2. The van der Waals surface area contributed by atoms with Crippen LogP contribution in [0.1, 0.15) is 46.5 Å². The minimum Gasteiger partial charge on any atom is -0.432 e. The molecule has 18 nitrogen and oxygen atoms in total. The van der Waals surface area contributed by atoms with Crippen molar-refractivity contribution < 1.29 is 66.0 Å². The quantitative estimate of drug-likeness (QED) is 0.0866. The van der Waals surface area contributed by atoms with Crippen LogP contribution in [0.2, 0.25) is 0 Å². The second-order valence-corrected chi connectivity index (χ2v) is 11.7. The number of phosphoric ester groups is 1. The maximum Gasteiger partial charge on any atom is 0.510 e. The van der Waals surface area contributed by atoms with Crippen molar-refractivity contribution in [2.24, 2.45) is 15.7 Å². The number of hydrogen-bond donors (Lipinski definition) is 3. The number of carbonyl (C=O) groups excluding carboxylic acids is 2. The molecule has 0 spiro atoms. The molecule has 1 aliphatic carbocycles. The fraction of sp³-hybridized carbons (Fsp3) is 0.696. The third kappa shape index (κ3) is 6.38. The second kappa shape index (κ2) is 12.8. The van der Waals surface area contributed by atoms with E-state index in [4.69, 9.17) is 33.5 Å². The van der Waals surface area contributed by atoms with E-state index in [1.165, 1.54) is 7.05 Å². The number of aromatic nitrogens is 2. The number of nitrogens with two attached hydrogens (primary N) is 1. The molecule has 2 heterocycles. The van der Waals surface area contributed by atoms with Gasteiger partial charge in [-0.05, 0) is 41.3 Å². The molecule has 2 fully saturated rings. The van der Waals surface area contributed by atoms with E-state index < -0.39 is 81.7 Å². The molecule has 0 aromatic carbocycles. The van der Waals surface area contributed by atoms with Crippen LogP contribution in [-0.2, 0) is 41.8 Å². The fourth-order valence-corrected chi connectivity index (χ4v) is 5.57. The van der Waals surface area contributed by atoms with Crippen LogP contribution in [0.5, 0.6) is 0 Å². The summed E-state index contributed by atoms with van der Waals surface area (Å²) in [6.07, 6.45) is -5.78. The average Bonchev–Trinajstić information content (AvgIpc) is 3.14. The standard InChI is InChI=1S/C23H35FN5O13P/c1-12(2)39-19(30)35-10-37-43(34,38-11-36-20(31)40-13(3)4)42-17-22(8-24)23(17,33)21(5,32)18(41-22)29-9-28-14(15(25)26-6)16(29)27-7/h9,12-13,17-18,32-33H,7-8,10-11H2,1-6H3,(H2,25,26)/t17?,18-,21+,22-,23+/m1/s1. The van der Waals surface area contributed by atoms with Crippen molar-refractivity contribution in [1.29, 1.82) is 0 Å². The van der Waals surface area contributed by atoms with Crippen molar-refractivity contribution in [2.75, 3.05) is 27.3 Å². The Hall–Kier alpha value is -3.19. The van der Waals surface area contributed by atoms with Crippen molar-refractivity contribution in [3.8, 4) is 0 Å². The molecule has 0 amide bonds. The van der Waals surface area contributed by atoms with Gasteiger partial charge in [-0.15, -0.1) is 0 Å². The lowest BCUT2D eigenvalue weighted by molar-refractivity contribution is -0.166. The van der Waals surface area contributed by atoms with Gasteiger partial charge < -0.3 is 39.6 Å². The van der Waals surface area contributed by atoms with Gasteiger partial charge in [0.25, 0.3) is 0 Å². The molecule has 1 saturated carbocycles. The summed E-state index contributed by atoms with van der Waals surface area (Å²) in [7, 11) is -3.58. The van der Waals surface area contributed by atoms with Crippen LogP contribution < -0.4 is 5.73 Å². The van der Waals surface area contributed by atoms with E-state index in [1.54, 1.807) is 27.7 Å². The molecule has 0 radical (unpaired) electrons. The number of imidazole rings is 1. The summed E-state index contributed by atoms with van der Waals surface area (Å²) in [4.78, 5) is 35.1. The number of carbonyl (C=O) groups is 2. The van der Waals surface area contributed by atoms with Gasteiger partial charge in [0.15, 0.2) is 23.2 Å². The van der Waals surface area contributed by atoms with Gasteiger partial charge >= 0.3 is 20.1 Å². The molecule has 1 aromatic rings. The summed E-state index contributed by atoms with van der Waals surface area (Å²) in [5.41, 5.74) is -1.37. The predicted octanol–water partition coefficient (Wildman–Crippen LogP) is 1.85. The lowest BCUT2D eigenvalue weighted by Crippen LogP contribution is -2.48. The number of hydrogen-bond acceptors (Lipinski definition) is 16. The Labute approximate surface area is 245 Å². The van der Waals surface area contributed by atoms with E-state index in [-0.39, 0.29) is 17.3 Å². The Morgan fingerprint density at radius 3 is 2.14 bits per heavy atom. The number of ether oxygens (including phenoxy) is 5. The molecule has 1 saturated heterocycles. The smallest absolute Gasteiger partial charge is 0.432 e. The Morgan fingerprint density at radius 2 is 1.72 bits per heavy atom. The Morgan fingerprint density at radius 1 is 1.19 bits per heavy atom. The molecule has 43 heavy (non-hydrogen) atoms.